The number of nitrogens with one attached hydrogen (secondary N) is 1. The van der Waals surface area contributed by atoms with Gasteiger partial charge in [0.15, 0.2) is 0 Å². The lowest BCUT2D eigenvalue weighted by molar-refractivity contribution is 1.29. The van der Waals surface area contributed by atoms with Gasteiger partial charge in [0.1, 0.15) is 5.15 Å². The maximum atomic E-state index is 5.84. The van der Waals surface area contributed by atoms with E-state index in [1.807, 2.05) is 19.2 Å². The number of H-pyrrole nitrogens is 1. The highest BCUT2D eigenvalue weighted by Crippen LogP contribution is 2.21. The molecule has 11 heavy (non-hydrogen) atoms. The van der Waals surface area contributed by atoms with Crippen LogP contribution in [0.4, 0.5) is 0 Å². The van der Waals surface area contributed by atoms with Crippen molar-refractivity contribution in [3.8, 4) is 0 Å². The average molecular weight is 167 g/mol. The van der Waals surface area contributed by atoms with Gasteiger partial charge in [-0.3, -0.25) is 0 Å². The van der Waals surface area contributed by atoms with Gasteiger partial charge in [-0.15, -0.1) is 0 Å². The van der Waals surface area contributed by atoms with E-state index in [0.29, 0.717) is 5.15 Å². The van der Waals surface area contributed by atoms with Crippen molar-refractivity contribution in [2.75, 3.05) is 0 Å². The third kappa shape index (κ3) is 0.906. The van der Waals surface area contributed by atoms with E-state index in [1.54, 1.807) is 6.20 Å². The molecule has 0 aliphatic heterocycles. The van der Waals surface area contributed by atoms with Gasteiger partial charge in [0.25, 0.3) is 0 Å². The van der Waals surface area contributed by atoms with Crippen LogP contribution in [0.5, 0.6) is 0 Å². The number of pyridine rings is 1. The van der Waals surface area contributed by atoms with Crippen molar-refractivity contribution in [1.82, 2.24) is 9.97 Å². The van der Waals surface area contributed by atoms with Crippen LogP contribution in [0.3, 0.4) is 0 Å². The van der Waals surface area contributed by atoms with Gasteiger partial charge < -0.3 is 4.98 Å². The first-order valence-corrected chi connectivity index (χ1v) is 3.75. The van der Waals surface area contributed by atoms with E-state index in [2.05, 4.69) is 9.97 Å². The number of aromatic nitrogens is 2. The van der Waals surface area contributed by atoms with Crippen LogP contribution in [0.2, 0.25) is 5.15 Å². The fourth-order valence-electron chi connectivity index (χ4n) is 1.16. The number of hydrogen-bond donors (Lipinski definition) is 1. The second kappa shape index (κ2) is 2.24. The summed E-state index contributed by atoms with van der Waals surface area (Å²) < 4.78 is 0. The Bertz CT molecular complexity index is 356. The summed E-state index contributed by atoms with van der Waals surface area (Å²) in [6, 6.07) is 1.93. The largest absolute Gasteiger partial charge is 0.361 e. The monoisotopic (exact) mass is 166 g/mol. The average Bonchev–Trinajstić information content (AvgIpc) is 2.45. The van der Waals surface area contributed by atoms with E-state index < -0.39 is 0 Å². The van der Waals surface area contributed by atoms with Crippen LogP contribution in [0.25, 0.3) is 10.9 Å². The number of rotatable bonds is 0. The molecular weight excluding hydrogens is 160 g/mol. The molecule has 0 aliphatic rings. The Morgan fingerprint density at radius 1 is 1.55 bits per heavy atom. The number of aromatic amines is 1. The van der Waals surface area contributed by atoms with E-state index in [9.17, 15) is 0 Å². The predicted octanol–water partition coefficient (Wildman–Crippen LogP) is 2.52. The van der Waals surface area contributed by atoms with Crippen LogP contribution in [-0.4, -0.2) is 9.97 Å². The normalized spacial score (nSPS) is 10.7. The van der Waals surface area contributed by atoms with Gasteiger partial charge in [-0.2, -0.15) is 0 Å². The zero-order valence-electron chi connectivity index (χ0n) is 6.06. The number of hydrogen-bond acceptors (Lipinski definition) is 1. The fourth-order valence-corrected chi connectivity index (χ4v) is 1.36. The van der Waals surface area contributed by atoms with Crippen molar-refractivity contribution in [2.45, 2.75) is 6.92 Å². The Balaban J connectivity index is 2.96. The highest BCUT2D eigenvalue weighted by atomic mass is 35.5. The van der Waals surface area contributed by atoms with Gasteiger partial charge in [0.2, 0.25) is 0 Å². The fraction of sp³-hybridized carbons (Fsp3) is 0.125. The number of aryl methyl sites for hydroxylation is 1. The van der Waals surface area contributed by atoms with Gasteiger partial charge in [0.05, 0.1) is 5.52 Å². The molecule has 0 spiro atoms. The molecule has 0 radical (unpaired) electrons. The van der Waals surface area contributed by atoms with E-state index >= 15 is 0 Å². The molecule has 2 heterocycles. The Hall–Kier alpha value is -1.02. The summed E-state index contributed by atoms with van der Waals surface area (Å²) in [5.74, 6) is 0. The molecule has 3 heteroatoms. The van der Waals surface area contributed by atoms with Crippen LogP contribution in [-0.2, 0) is 0 Å². The Labute approximate surface area is 69.2 Å². The maximum absolute atomic E-state index is 5.84. The standard InChI is InChI=1S/C8H7ClN2/c1-5-4-11-8(9)6-2-3-10-7(5)6/h2-4,10H,1H3. The molecule has 0 saturated carbocycles. The summed E-state index contributed by atoms with van der Waals surface area (Å²) in [4.78, 5) is 7.13. The number of fused-ring (bicyclic) bond motifs is 1. The van der Waals surface area contributed by atoms with Crippen LogP contribution in [0.15, 0.2) is 18.5 Å². The van der Waals surface area contributed by atoms with Gasteiger partial charge >= 0.3 is 0 Å². The van der Waals surface area contributed by atoms with Crippen LogP contribution >= 0.6 is 11.6 Å². The quantitative estimate of drug-likeness (QED) is 0.599. The van der Waals surface area contributed by atoms with Gasteiger partial charge in [-0.25, -0.2) is 4.98 Å². The SMILES string of the molecule is Cc1cnc(Cl)c2cc[nH]c12. The summed E-state index contributed by atoms with van der Waals surface area (Å²) in [6.45, 7) is 2.00. The number of halogens is 1. The second-order valence-electron chi connectivity index (χ2n) is 2.50. The smallest absolute Gasteiger partial charge is 0.138 e. The molecule has 56 valence electrons. The van der Waals surface area contributed by atoms with Crippen LogP contribution < -0.4 is 0 Å². The Kier molecular flexibility index (Phi) is 1.36. The van der Waals surface area contributed by atoms with Crippen molar-refractivity contribution in [1.29, 1.82) is 0 Å². The maximum Gasteiger partial charge on any atom is 0.138 e. The summed E-state index contributed by atoms with van der Waals surface area (Å²) >= 11 is 5.84. The molecule has 0 aliphatic carbocycles. The van der Waals surface area contributed by atoms with Crippen molar-refractivity contribution in [3.63, 3.8) is 0 Å². The highest BCUT2D eigenvalue weighted by Gasteiger charge is 2.01. The summed E-state index contributed by atoms with van der Waals surface area (Å²) in [6.07, 6.45) is 3.63. The zero-order chi connectivity index (χ0) is 7.84. The molecule has 2 aromatic heterocycles. The third-order valence-corrected chi connectivity index (χ3v) is 2.04. The van der Waals surface area contributed by atoms with E-state index in [0.717, 1.165) is 16.5 Å². The second-order valence-corrected chi connectivity index (χ2v) is 2.86. The Morgan fingerprint density at radius 3 is 3.09 bits per heavy atom. The lowest BCUT2D eigenvalue weighted by Gasteiger charge is -1.95. The van der Waals surface area contributed by atoms with Crippen molar-refractivity contribution in [2.24, 2.45) is 0 Å². The van der Waals surface area contributed by atoms with Crippen molar-refractivity contribution in [3.05, 3.63) is 29.2 Å². The van der Waals surface area contributed by atoms with E-state index in [-0.39, 0.29) is 0 Å². The number of nitrogens with zero attached hydrogens (tertiary/aromatic N) is 1. The molecule has 0 unspecified atom stereocenters. The minimum absolute atomic E-state index is 0.562. The highest BCUT2D eigenvalue weighted by molar-refractivity contribution is 6.34. The predicted molar refractivity (Wildman–Crippen MR) is 45.8 cm³/mol. The molecular formula is C8H7ClN2. The summed E-state index contributed by atoms with van der Waals surface area (Å²) in [7, 11) is 0. The first-order chi connectivity index (χ1) is 5.29. The van der Waals surface area contributed by atoms with Crippen molar-refractivity contribution < 1.29 is 0 Å². The molecule has 2 nitrogen and oxygen atoms in total. The molecule has 2 aromatic rings. The van der Waals surface area contributed by atoms with Gasteiger partial charge in [-0.1, -0.05) is 11.6 Å². The molecule has 0 aromatic carbocycles. The first kappa shape index (κ1) is 6.68. The molecule has 0 amide bonds. The molecule has 2 rings (SSSR count). The van der Waals surface area contributed by atoms with E-state index in [4.69, 9.17) is 11.6 Å². The van der Waals surface area contributed by atoms with Crippen molar-refractivity contribution >= 4 is 22.5 Å². The molecule has 0 saturated heterocycles. The lowest BCUT2D eigenvalue weighted by atomic mass is 10.2. The molecule has 0 bridgehead atoms. The summed E-state index contributed by atoms with van der Waals surface area (Å²) in [5, 5.41) is 1.55. The molecule has 0 fully saturated rings. The van der Waals surface area contributed by atoms with Crippen LogP contribution in [0.1, 0.15) is 5.56 Å². The Morgan fingerprint density at radius 2 is 2.36 bits per heavy atom. The molecule has 1 N–H and O–H groups in total. The molecule has 0 atom stereocenters. The van der Waals surface area contributed by atoms with Crippen LogP contribution in [0, 0.1) is 6.92 Å². The summed E-state index contributed by atoms with van der Waals surface area (Å²) in [5.41, 5.74) is 2.19. The van der Waals surface area contributed by atoms with Gasteiger partial charge in [0, 0.05) is 17.8 Å². The zero-order valence-corrected chi connectivity index (χ0v) is 6.81. The third-order valence-electron chi connectivity index (χ3n) is 1.74. The lowest BCUT2D eigenvalue weighted by Crippen LogP contribution is -1.80. The first-order valence-electron chi connectivity index (χ1n) is 3.37. The van der Waals surface area contributed by atoms with Gasteiger partial charge in [-0.05, 0) is 18.6 Å². The minimum atomic E-state index is 0.562. The van der Waals surface area contributed by atoms with E-state index in [1.165, 1.54) is 0 Å². The minimum Gasteiger partial charge on any atom is -0.361 e. The topological polar surface area (TPSA) is 28.7 Å².